The van der Waals surface area contributed by atoms with E-state index >= 15 is 0 Å². The molecule has 2 rings (SSSR count). The molecule has 0 aromatic rings. The number of piperidine rings is 1. The lowest BCUT2D eigenvalue weighted by molar-refractivity contribution is 0.181. The number of nitrogens with zero attached hydrogens (tertiary/aromatic N) is 1. The van der Waals surface area contributed by atoms with Crippen molar-refractivity contribution in [2.24, 2.45) is 11.7 Å². The number of carbonyl (C=O) groups excluding carboxylic acids is 1. The zero-order valence-corrected chi connectivity index (χ0v) is 9.24. The normalized spacial score (nSPS) is 23.9. The Bertz CT molecular complexity index is 220. The molecule has 0 spiro atoms. The molecule has 3 N–H and O–H groups in total. The summed E-state index contributed by atoms with van der Waals surface area (Å²) >= 11 is 0. The molecule has 2 amide bonds. The van der Waals surface area contributed by atoms with E-state index in [0.29, 0.717) is 6.04 Å². The van der Waals surface area contributed by atoms with Crippen LogP contribution in [0.5, 0.6) is 0 Å². The number of amides is 2. The Morgan fingerprint density at radius 2 is 1.93 bits per heavy atom. The number of nitrogens with one attached hydrogen (secondary N) is 1. The van der Waals surface area contributed by atoms with Gasteiger partial charge in [-0.15, -0.1) is 0 Å². The molecule has 0 atom stereocenters. The van der Waals surface area contributed by atoms with Gasteiger partial charge >= 0.3 is 6.03 Å². The minimum absolute atomic E-state index is 0.271. The van der Waals surface area contributed by atoms with Gasteiger partial charge in [-0.05, 0) is 38.1 Å². The quantitative estimate of drug-likeness (QED) is 0.729. The van der Waals surface area contributed by atoms with E-state index in [9.17, 15) is 4.79 Å². The van der Waals surface area contributed by atoms with Crippen LogP contribution in [0.2, 0.25) is 0 Å². The first-order valence-electron chi connectivity index (χ1n) is 6.03. The van der Waals surface area contributed by atoms with Crippen molar-refractivity contribution >= 4 is 6.03 Å². The van der Waals surface area contributed by atoms with E-state index < -0.39 is 0 Å². The maximum absolute atomic E-state index is 10.9. The third-order valence-electron chi connectivity index (χ3n) is 3.73. The van der Waals surface area contributed by atoms with Crippen molar-refractivity contribution in [1.82, 2.24) is 10.2 Å². The highest BCUT2D eigenvalue weighted by Gasteiger charge is 2.23. The second-order valence-corrected chi connectivity index (χ2v) is 4.80. The fourth-order valence-corrected chi connectivity index (χ4v) is 2.33. The SMILES string of the molecule is NC(=O)N1CCC(NCC2CCC2)CC1. The molecule has 4 nitrogen and oxygen atoms in total. The Morgan fingerprint density at radius 3 is 2.40 bits per heavy atom. The summed E-state index contributed by atoms with van der Waals surface area (Å²) in [6.45, 7) is 2.80. The van der Waals surface area contributed by atoms with Gasteiger partial charge in [0.05, 0.1) is 0 Å². The summed E-state index contributed by atoms with van der Waals surface area (Å²) in [6.07, 6.45) is 6.30. The molecule has 1 heterocycles. The predicted molar refractivity (Wildman–Crippen MR) is 59.5 cm³/mol. The Morgan fingerprint density at radius 1 is 1.27 bits per heavy atom. The number of carbonyl (C=O) groups is 1. The summed E-state index contributed by atoms with van der Waals surface area (Å²) in [5.74, 6) is 0.916. The number of likely N-dealkylation sites (tertiary alicyclic amines) is 1. The Kier molecular flexibility index (Phi) is 3.46. The van der Waals surface area contributed by atoms with Crippen molar-refractivity contribution in [3.05, 3.63) is 0 Å². The minimum Gasteiger partial charge on any atom is -0.351 e. The van der Waals surface area contributed by atoms with E-state index in [4.69, 9.17) is 5.73 Å². The van der Waals surface area contributed by atoms with Crippen molar-refractivity contribution in [3.63, 3.8) is 0 Å². The predicted octanol–water partition coefficient (Wildman–Crippen LogP) is 0.919. The first kappa shape index (κ1) is 10.7. The molecule has 0 bridgehead atoms. The highest BCUT2D eigenvalue weighted by molar-refractivity contribution is 5.72. The lowest BCUT2D eigenvalue weighted by Gasteiger charge is -2.33. The molecule has 2 fully saturated rings. The zero-order chi connectivity index (χ0) is 10.7. The molecule has 0 unspecified atom stereocenters. The van der Waals surface area contributed by atoms with Crippen LogP contribution in [-0.2, 0) is 0 Å². The van der Waals surface area contributed by atoms with Gasteiger partial charge in [0.1, 0.15) is 0 Å². The van der Waals surface area contributed by atoms with Gasteiger partial charge in [0, 0.05) is 19.1 Å². The zero-order valence-electron chi connectivity index (χ0n) is 9.24. The van der Waals surface area contributed by atoms with E-state index in [1.165, 1.54) is 25.8 Å². The molecule has 1 aliphatic carbocycles. The first-order valence-corrected chi connectivity index (χ1v) is 6.03. The summed E-state index contributed by atoms with van der Waals surface area (Å²) in [4.78, 5) is 12.6. The fourth-order valence-electron chi connectivity index (χ4n) is 2.33. The van der Waals surface area contributed by atoms with Crippen molar-refractivity contribution in [2.75, 3.05) is 19.6 Å². The number of rotatable bonds is 3. The second-order valence-electron chi connectivity index (χ2n) is 4.80. The van der Waals surface area contributed by atoms with Crippen LogP contribution >= 0.6 is 0 Å². The van der Waals surface area contributed by atoms with Gasteiger partial charge in [0.25, 0.3) is 0 Å². The Balaban J connectivity index is 1.62. The first-order chi connectivity index (χ1) is 7.25. The van der Waals surface area contributed by atoms with Crippen LogP contribution < -0.4 is 11.1 Å². The van der Waals surface area contributed by atoms with Crippen LogP contribution in [0.3, 0.4) is 0 Å². The largest absolute Gasteiger partial charge is 0.351 e. The number of primary amides is 1. The molecule has 1 saturated carbocycles. The molecular weight excluding hydrogens is 190 g/mol. The van der Waals surface area contributed by atoms with Gasteiger partial charge in [0.15, 0.2) is 0 Å². The average molecular weight is 211 g/mol. The third kappa shape index (κ3) is 2.84. The lowest BCUT2D eigenvalue weighted by Crippen LogP contribution is -2.47. The van der Waals surface area contributed by atoms with E-state index in [2.05, 4.69) is 5.32 Å². The lowest BCUT2D eigenvalue weighted by atomic mass is 9.85. The van der Waals surface area contributed by atoms with Gasteiger partial charge in [-0.25, -0.2) is 4.79 Å². The van der Waals surface area contributed by atoms with Crippen molar-refractivity contribution in [2.45, 2.75) is 38.1 Å². The van der Waals surface area contributed by atoms with Crippen LogP contribution in [0.4, 0.5) is 4.79 Å². The maximum Gasteiger partial charge on any atom is 0.314 e. The van der Waals surface area contributed by atoms with E-state index in [0.717, 1.165) is 31.8 Å². The number of nitrogens with two attached hydrogens (primary N) is 1. The molecule has 0 radical (unpaired) electrons. The summed E-state index contributed by atoms with van der Waals surface area (Å²) in [6, 6.07) is 0.327. The van der Waals surface area contributed by atoms with Crippen LogP contribution in [-0.4, -0.2) is 36.6 Å². The van der Waals surface area contributed by atoms with Gasteiger partial charge in [-0.2, -0.15) is 0 Å². The van der Waals surface area contributed by atoms with Gasteiger partial charge in [0.2, 0.25) is 0 Å². The number of urea groups is 1. The van der Waals surface area contributed by atoms with Crippen molar-refractivity contribution < 1.29 is 4.79 Å². The summed E-state index contributed by atoms with van der Waals surface area (Å²) < 4.78 is 0. The smallest absolute Gasteiger partial charge is 0.314 e. The summed E-state index contributed by atoms with van der Waals surface area (Å²) in [5, 5.41) is 3.60. The highest BCUT2D eigenvalue weighted by Crippen LogP contribution is 2.25. The number of hydrogen-bond donors (Lipinski definition) is 2. The molecule has 4 heteroatoms. The van der Waals surface area contributed by atoms with Gasteiger partial charge in [-0.3, -0.25) is 0 Å². The molecular formula is C11H21N3O. The Labute approximate surface area is 91.2 Å². The van der Waals surface area contributed by atoms with Crippen LogP contribution in [0, 0.1) is 5.92 Å². The van der Waals surface area contributed by atoms with Crippen molar-refractivity contribution in [1.29, 1.82) is 0 Å². The topological polar surface area (TPSA) is 58.4 Å². The standard InChI is InChI=1S/C11H21N3O/c12-11(15)14-6-4-10(5-7-14)13-8-9-2-1-3-9/h9-10,13H,1-8H2,(H2,12,15). The monoisotopic (exact) mass is 211 g/mol. The molecule has 15 heavy (non-hydrogen) atoms. The maximum atomic E-state index is 10.9. The molecule has 1 saturated heterocycles. The Hall–Kier alpha value is -0.770. The van der Waals surface area contributed by atoms with E-state index in [1.807, 2.05) is 0 Å². The molecule has 0 aromatic heterocycles. The molecule has 1 aliphatic heterocycles. The van der Waals surface area contributed by atoms with Gasteiger partial charge in [-0.1, -0.05) is 6.42 Å². The molecule has 0 aromatic carbocycles. The second kappa shape index (κ2) is 4.84. The highest BCUT2D eigenvalue weighted by atomic mass is 16.2. The van der Waals surface area contributed by atoms with E-state index in [-0.39, 0.29) is 6.03 Å². The van der Waals surface area contributed by atoms with Crippen LogP contribution in [0.25, 0.3) is 0 Å². The van der Waals surface area contributed by atoms with Gasteiger partial charge < -0.3 is 16.0 Å². The average Bonchev–Trinajstić information content (AvgIpc) is 2.16. The third-order valence-corrected chi connectivity index (χ3v) is 3.73. The molecule has 86 valence electrons. The summed E-state index contributed by atoms with van der Waals surface area (Å²) in [5.41, 5.74) is 5.23. The van der Waals surface area contributed by atoms with E-state index in [1.54, 1.807) is 4.90 Å². The fraction of sp³-hybridized carbons (Fsp3) is 0.909. The van der Waals surface area contributed by atoms with Crippen LogP contribution in [0.1, 0.15) is 32.1 Å². The summed E-state index contributed by atoms with van der Waals surface area (Å²) in [7, 11) is 0. The molecule has 2 aliphatic rings. The minimum atomic E-state index is -0.271. The van der Waals surface area contributed by atoms with Crippen molar-refractivity contribution in [3.8, 4) is 0 Å². The van der Waals surface area contributed by atoms with Crippen LogP contribution in [0.15, 0.2) is 0 Å². The number of hydrogen-bond acceptors (Lipinski definition) is 2.